The van der Waals surface area contributed by atoms with Crippen molar-refractivity contribution >= 4 is 28.9 Å². The van der Waals surface area contributed by atoms with E-state index in [4.69, 9.17) is 17.3 Å². The summed E-state index contributed by atoms with van der Waals surface area (Å²) in [6.07, 6.45) is 0.0768. The maximum atomic E-state index is 11.9. The highest BCUT2D eigenvalue weighted by Gasteiger charge is 2.09. The third-order valence-corrected chi connectivity index (χ3v) is 2.92. The van der Waals surface area contributed by atoms with Crippen molar-refractivity contribution in [2.45, 2.75) is 6.42 Å². The molecule has 0 radical (unpaired) electrons. The van der Waals surface area contributed by atoms with Gasteiger partial charge in [-0.2, -0.15) is 0 Å². The Kier molecular flexibility index (Phi) is 3.92. The Balaban J connectivity index is 2.08. The van der Waals surface area contributed by atoms with E-state index in [0.29, 0.717) is 22.0 Å². The summed E-state index contributed by atoms with van der Waals surface area (Å²) in [6, 6.07) is 11.6. The van der Waals surface area contributed by atoms with Crippen LogP contribution in [-0.2, 0) is 11.2 Å². The van der Waals surface area contributed by atoms with Gasteiger partial charge in [-0.3, -0.25) is 4.79 Å². The molecule has 4 nitrogen and oxygen atoms in total. The summed E-state index contributed by atoms with van der Waals surface area (Å²) >= 11 is 5.96. The fraction of sp³-hybridized carbons (Fsp3) is 0.0714. The molecule has 0 aliphatic rings. The summed E-state index contributed by atoms with van der Waals surface area (Å²) < 4.78 is 0. The van der Waals surface area contributed by atoms with Crippen LogP contribution in [-0.4, -0.2) is 11.0 Å². The van der Waals surface area contributed by atoms with Gasteiger partial charge < -0.3 is 16.2 Å². The van der Waals surface area contributed by atoms with Gasteiger partial charge in [-0.1, -0.05) is 29.8 Å². The van der Waals surface area contributed by atoms with Crippen LogP contribution in [0.15, 0.2) is 42.5 Å². The number of benzene rings is 2. The molecule has 0 aliphatic carbocycles. The monoisotopic (exact) mass is 276 g/mol. The van der Waals surface area contributed by atoms with Crippen molar-refractivity contribution in [2.75, 3.05) is 11.1 Å². The fourth-order valence-electron chi connectivity index (χ4n) is 1.66. The molecule has 0 aromatic heterocycles. The first-order valence-electron chi connectivity index (χ1n) is 5.68. The largest absolute Gasteiger partial charge is 0.508 e. The van der Waals surface area contributed by atoms with Crippen LogP contribution < -0.4 is 11.1 Å². The van der Waals surface area contributed by atoms with Gasteiger partial charge in [0.2, 0.25) is 5.91 Å². The molecule has 2 rings (SSSR count). The zero-order valence-corrected chi connectivity index (χ0v) is 10.8. The van der Waals surface area contributed by atoms with E-state index in [0.717, 1.165) is 0 Å². The average molecular weight is 277 g/mol. The number of nitrogens with two attached hydrogens (primary N) is 1. The summed E-state index contributed by atoms with van der Waals surface area (Å²) in [4.78, 5) is 11.9. The first-order valence-corrected chi connectivity index (χ1v) is 6.06. The quantitative estimate of drug-likeness (QED) is 0.755. The van der Waals surface area contributed by atoms with Gasteiger partial charge in [0.05, 0.1) is 17.1 Å². The number of hydrogen-bond donors (Lipinski definition) is 3. The summed E-state index contributed by atoms with van der Waals surface area (Å²) in [5.41, 5.74) is 7.16. The topological polar surface area (TPSA) is 75.3 Å². The van der Waals surface area contributed by atoms with Gasteiger partial charge in [-0.15, -0.1) is 0 Å². The Morgan fingerprint density at radius 1 is 1.26 bits per heavy atom. The normalized spacial score (nSPS) is 10.2. The van der Waals surface area contributed by atoms with Crippen LogP contribution in [0.4, 0.5) is 11.4 Å². The van der Waals surface area contributed by atoms with Gasteiger partial charge in [-0.05, 0) is 24.3 Å². The highest BCUT2D eigenvalue weighted by atomic mass is 35.5. The molecule has 0 aliphatic heterocycles. The lowest BCUT2D eigenvalue weighted by molar-refractivity contribution is -0.115. The minimum Gasteiger partial charge on any atom is -0.508 e. The number of halogens is 1. The SMILES string of the molecule is Nc1ccc(NC(=O)Cc2ccccc2O)c(Cl)c1. The molecular weight excluding hydrogens is 264 g/mol. The Bertz CT molecular complexity index is 614. The first-order chi connectivity index (χ1) is 9.06. The molecule has 2 aromatic rings. The van der Waals surface area contributed by atoms with Gasteiger partial charge in [0, 0.05) is 11.3 Å². The number of rotatable bonds is 3. The van der Waals surface area contributed by atoms with E-state index in [-0.39, 0.29) is 18.1 Å². The number of nitrogen functional groups attached to an aromatic ring is 1. The molecule has 19 heavy (non-hydrogen) atoms. The van der Waals surface area contributed by atoms with E-state index in [9.17, 15) is 9.90 Å². The molecule has 0 heterocycles. The third kappa shape index (κ3) is 3.39. The molecule has 0 bridgehead atoms. The van der Waals surface area contributed by atoms with E-state index in [2.05, 4.69) is 5.32 Å². The van der Waals surface area contributed by atoms with E-state index >= 15 is 0 Å². The molecule has 98 valence electrons. The van der Waals surface area contributed by atoms with E-state index in [1.54, 1.807) is 42.5 Å². The zero-order valence-electron chi connectivity index (χ0n) is 10.1. The van der Waals surface area contributed by atoms with Crippen molar-refractivity contribution in [3.05, 3.63) is 53.1 Å². The van der Waals surface area contributed by atoms with E-state index in [1.807, 2.05) is 0 Å². The van der Waals surface area contributed by atoms with Crippen LogP contribution in [0.1, 0.15) is 5.56 Å². The van der Waals surface area contributed by atoms with Gasteiger partial charge in [0.1, 0.15) is 5.75 Å². The van der Waals surface area contributed by atoms with E-state index in [1.165, 1.54) is 0 Å². The molecule has 5 heteroatoms. The lowest BCUT2D eigenvalue weighted by Crippen LogP contribution is -2.14. The van der Waals surface area contributed by atoms with Crippen LogP contribution in [0.5, 0.6) is 5.75 Å². The zero-order chi connectivity index (χ0) is 13.8. The van der Waals surface area contributed by atoms with Crippen molar-refractivity contribution < 1.29 is 9.90 Å². The Morgan fingerprint density at radius 2 is 2.00 bits per heavy atom. The van der Waals surface area contributed by atoms with Gasteiger partial charge in [0.25, 0.3) is 0 Å². The molecule has 2 aromatic carbocycles. The van der Waals surface area contributed by atoms with Crippen LogP contribution in [0.3, 0.4) is 0 Å². The number of phenolic OH excluding ortho intramolecular Hbond substituents is 1. The second-order valence-corrected chi connectivity index (χ2v) is 4.50. The number of carbonyl (C=O) groups excluding carboxylic acids is 1. The summed E-state index contributed by atoms with van der Waals surface area (Å²) in [6.45, 7) is 0. The molecule has 1 amide bonds. The Morgan fingerprint density at radius 3 is 2.68 bits per heavy atom. The maximum Gasteiger partial charge on any atom is 0.228 e. The van der Waals surface area contributed by atoms with Crippen molar-refractivity contribution in [1.82, 2.24) is 0 Å². The average Bonchev–Trinajstić information content (AvgIpc) is 2.36. The second kappa shape index (κ2) is 5.63. The molecule has 0 fully saturated rings. The van der Waals surface area contributed by atoms with E-state index < -0.39 is 0 Å². The molecule has 0 unspecified atom stereocenters. The number of amides is 1. The first kappa shape index (κ1) is 13.2. The number of nitrogens with one attached hydrogen (secondary N) is 1. The molecule has 0 spiro atoms. The van der Waals surface area contributed by atoms with Crippen LogP contribution >= 0.6 is 11.6 Å². The van der Waals surface area contributed by atoms with Gasteiger partial charge in [0.15, 0.2) is 0 Å². The summed E-state index contributed by atoms with van der Waals surface area (Å²) in [5.74, 6) is -0.158. The highest BCUT2D eigenvalue weighted by molar-refractivity contribution is 6.34. The minimum absolute atomic E-state index is 0.0768. The van der Waals surface area contributed by atoms with Crippen LogP contribution in [0, 0.1) is 0 Å². The number of phenols is 1. The van der Waals surface area contributed by atoms with Crippen LogP contribution in [0.2, 0.25) is 5.02 Å². The maximum absolute atomic E-state index is 11.9. The fourth-order valence-corrected chi connectivity index (χ4v) is 1.90. The highest BCUT2D eigenvalue weighted by Crippen LogP contribution is 2.24. The number of carbonyl (C=O) groups is 1. The van der Waals surface area contributed by atoms with Gasteiger partial charge >= 0.3 is 0 Å². The number of hydrogen-bond acceptors (Lipinski definition) is 3. The smallest absolute Gasteiger partial charge is 0.228 e. The molecule has 0 saturated heterocycles. The predicted octanol–water partition coefficient (Wildman–Crippen LogP) is 2.81. The minimum atomic E-state index is -0.256. The van der Waals surface area contributed by atoms with Crippen LogP contribution in [0.25, 0.3) is 0 Å². The number of aromatic hydroxyl groups is 1. The standard InChI is InChI=1S/C14H13ClN2O2/c15-11-8-10(16)5-6-12(11)17-14(19)7-9-3-1-2-4-13(9)18/h1-6,8,18H,7,16H2,(H,17,19). The third-order valence-electron chi connectivity index (χ3n) is 2.61. The van der Waals surface area contributed by atoms with Gasteiger partial charge in [-0.25, -0.2) is 0 Å². The lowest BCUT2D eigenvalue weighted by Gasteiger charge is -2.08. The molecule has 4 N–H and O–H groups in total. The van der Waals surface area contributed by atoms with Crippen molar-refractivity contribution in [3.63, 3.8) is 0 Å². The lowest BCUT2D eigenvalue weighted by atomic mass is 10.1. The van der Waals surface area contributed by atoms with Crippen molar-refractivity contribution in [3.8, 4) is 5.75 Å². The Labute approximate surface area is 115 Å². The Hall–Kier alpha value is -2.20. The summed E-state index contributed by atoms with van der Waals surface area (Å²) in [7, 11) is 0. The van der Waals surface area contributed by atoms with Crippen molar-refractivity contribution in [1.29, 1.82) is 0 Å². The number of para-hydroxylation sites is 1. The molecular formula is C14H13ClN2O2. The van der Waals surface area contributed by atoms with Crippen molar-refractivity contribution in [2.24, 2.45) is 0 Å². The second-order valence-electron chi connectivity index (χ2n) is 4.09. The molecule has 0 saturated carbocycles. The predicted molar refractivity (Wildman–Crippen MR) is 76.3 cm³/mol. The number of anilines is 2. The summed E-state index contributed by atoms with van der Waals surface area (Å²) in [5, 5.41) is 12.6. The molecule has 0 atom stereocenters.